The summed E-state index contributed by atoms with van der Waals surface area (Å²) in [5, 5.41) is 21.1. The van der Waals surface area contributed by atoms with Crippen LogP contribution in [0.2, 0.25) is 0 Å². The highest BCUT2D eigenvalue weighted by molar-refractivity contribution is 5.70. The molecule has 2 N–H and O–H groups in total. The van der Waals surface area contributed by atoms with Crippen molar-refractivity contribution in [1.82, 2.24) is 0 Å². The Morgan fingerprint density at radius 1 is 1.27 bits per heavy atom. The molecule has 0 aliphatic carbocycles. The molecular formula is C30H50O7. The van der Waals surface area contributed by atoms with Crippen LogP contribution in [-0.2, 0) is 23.7 Å². The minimum atomic E-state index is -0.855. The molecule has 7 nitrogen and oxygen atoms in total. The van der Waals surface area contributed by atoms with Crippen molar-refractivity contribution in [3.05, 3.63) is 36.0 Å². The third-order valence-electron chi connectivity index (χ3n) is 8.08. The Hall–Kier alpha value is -1.51. The molecule has 10 atom stereocenters. The molecule has 2 rings (SSSR count). The summed E-state index contributed by atoms with van der Waals surface area (Å²) in [7, 11) is 3.31. The predicted octanol–water partition coefficient (Wildman–Crippen LogP) is 4.76. The molecule has 0 saturated carbocycles. The van der Waals surface area contributed by atoms with Crippen LogP contribution < -0.4 is 0 Å². The fourth-order valence-electron chi connectivity index (χ4n) is 5.22. The van der Waals surface area contributed by atoms with Crippen LogP contribution >= 0.6 is 0 Å². The van der Waals surface area contributed by atoms with Crippen molar-refractivity contribution < 1.29 is 34.0 Å². The Morgan fingerprint density at radius 3 is 2.59 bits per heavy atom. The molecule has 37 heavy (non-hydrogen) atoms. The summed E-state index contributed by atoms with van der Waals surface area (Å²) in [5.41, 5.74) is 0.0485. The van der Waals surface area contributed by atoms with E-state index in [1.165, 1.54) is 0 Å². The first-order chi connectivity index (χ1) is 17.4. The number of hydrogen-bond donors (Lipinski definition) is 2. The number of esters is 1. The van der Waals surface area contributed by atoms with Gasteiger partial charge in [-0.2, -0.15) is 0 Å². The standard InChI is InChI=1S/C30H50O7/c1-9-24(34-7)22(5)29-25(36-29)17-19(2)11-10-12-20(3)28-21(4)13-14-26(32)30(6,35-8)16-15-23(31)18-27(33)37-28/h10-14,19,21-26,28-29,31-32H,9,15-18H2,1-8H3/b11-10+,14-13+,20-12+. The number of hydrogen-bond acceptors (Lipinski definition) is 7. The Kier molecular flexibility index (Phi) is 12.5. The maximum Gasteiger partial charge on any atom is 0.309 e. The molecule has 2 heterocycles. The van der Waals surface area contributed by atoms with Gasteiger partial charge in [0.1, 0.15) is 12.2 Å². The van der Waals surface area contributed by atoms with Crippen molar-refractivity contribution in [3.63, 3.8) is 0 Å². The number of methoxy groups -OCH3 is 2. The number of epoxide rings is 1. The Morgan fingerprint density at radius 2 is 1.97 bits per heavy atom. The molecule has 0 radical (unpaired) electrons. The zero-order valence-electron chi connectivity index (χ0n) is 24.1. The van der Waals surface area contributed by atoms with E-state index in [1.54, 1.807) is 20.3 Å². The molecular weight excluding hydrogens is 472 g/mol. The lowest BCUT2D eigenvalue weighted by molar-refractivity contribution is -0.151. The topological polar surface area (TPSA) is 97.8 Å². The molecule has 1 saturated heterocycles. The van der Waals surface area contributed by atoms with Gasteiger partial charge in [0, 0.05) is 26.1 Å². The Labute approximate surface area is 223 Å². The minimum absolute atomic E-state index is 0.0914. The van der Waals surface area contributed by atoms with Crippen molar-refractivity contribution in [2.75, 3.05) is 14.2 Å². The first-order valence-corrected chi connectivity index (χ1v) is 13.8. The van der Waals surface area contributed by atoms with Gasteiger partial charge >= 0.3 is 5.97 Å². The lowest BCUT2D eigenvalue weighted by Gasteiger charge is -2.33. The number of ether oxygens (including phenoxy) is 4. The fourth-order valence-corrected chi connectivity index (χ4v) is 5.22. The number of cyclic esters (lactones) is 1. The quantitative estimate of drug-likeness (QED) is 0.185. The first kappa shape index (κ1) is 31.7. The van der Waals surface area contributed by atoms with E-state index >= 15 is 0 Å². The van der Waals surface area contributed by atoms with Crippen LogP contribution in [0.15, 0.2) is 36.0 Å². The normalized spacial score (nSPS) is 37.2. The Balaban J connectivity index is 2.06. The maximum absolute atomic E-state index is 12.6. The van der Waals surface area contributed by atoms with E-state index in [-0.39, 0.29) is 30.7 Å². The van der Waals surface area contributed by atoms with Gasteiger partial charge < -0.3 is 29.2 Å². The van der Waals surface area contributed by atoms with Gasteiger partial charge in [0.15, 0.2) is 0 Å². The number of carbonyl (C=O) groups is 1. The highest BCUT2D eigenvalue weighted by atomic mass is 16.6. The van der Waals surface area contributed by atoms with Crippen LogP contribution in [0.25, 0.3) is 0 Å². The maximum atomic E-state index is 12.6. The molecule has 0 spiro atoms. The van der Waals surface area contributed by atoms with Gasteiger partial charge in [-0.25, -0.2) is 0 Å². The second-order valence-electron chi connectivity index (χ2n) is 11.2. The summed E-state index contributed by atoms with van der Waals surface area (Å²) in [6.45, 7) is 12.2. The van der Waals surface area contributed by atoms with E-state index < -0.39 is 29.9 Å². The molecule has 0 amide bonds. The highest BCUT2D eigenvalue weighted by Gasteiger charge is 2.45. The number of rotatable bonds is 10. The average molecular weight is 523 g/mol. The summed E-state index contributed by atoms with van der Waals surface area (Å²) in [6, 6.07) is 0. The molecule has 0 aromatic carbocycles. The molecule has 2 aliphatic heterocycles. The molecule has 0 aromatic rings. The second kappa shape index (κ2) is 14.6. The molecule has 1 fully saturated rings. The number of aliphatic hydroxyl groups is 2. The van der Waals surface area contributed by atoms with Gasteiger partial charge in [0.2, 0.25) is 0 Å². The van der Waals surface area contributed by atoms with E-state index in [2.05, 4.69) is 26.8 Å². The monoisotopic (exact) mass is 522 g/mol. The highest BCUT2D eigenvalue weighted by Crippen LogP contribution is 2.37. The van der Waals surface area contributed by atoms with Crippen LogP contribution in [0.1, 0.15) is 73.6 Å². The minimum Gasteiger partial charge on any atom is -0.457 e. The SMILES string of the molecule is CCC(OC)C(C)C1OC1CC(C)/C=C/C=C(\C)C1OC(=O)CC(O)CCC(C)(OC)C(O)/C=C/C1C. The van der Waals surface area contributed by atoms with Crippen LogP contribution in [0, 0.1) is 17.8 Å². The van der Waals surface area contributed by atoms with Crippen LogP contribution in [-0.4, -0.2) is 72.6 Å². The zero-order valence-corrected chi connectivity index (χ0v) is 24.1. The molecule has 10 unspecified atom stereocenters. The predicted molar refractivity (Wildman–Crippen MR) is 145 cm³/mol. The van der Waals surface area contributed by atoms with E-state index in [0.29, 0.717) is 24.7 Å². The van der Waals surface area contributed by atoms with E-state index in [9.17, 15) is 15.0 Å². The van der Waals surface area contributed by atoms with Crippen molar-refractivity contribution in [1.29, 1.82) is 0 Å². The molecule has 2 aliphatic rings. The van der Waals surface area contributed by atoms with Crippen molar-refractivity contribution >= 4 is 5.97 Å². The van der Waals surface area contributed by atoms with Crippen molar-refractivity contribution in [3.8, 4) is 0 Å². The van der Waals surface area contributed by atoms with Gasteiger partial charge in [-0.15, -0.1) is 0 Å². The average Bonchev–Trinajstić information content (AvgIpc) is 3.62. The summed E-state index contributed by atoms with van der Waals surface area (Å²) in [6.07, 6.45) is 10.8. The summed E-state index contributed by atoms with van der Waals surface area (Å²) in [4.78, 5) is 12.6. The molecule has 7 heteroatoms. The number of aliphatic hydroxyl groups excluding tert-OH is 2. The van der Waals surface area contributed by atoms with E-state index in [4.69, 9.17) is 18.9 Å². The van der Waals surface area contributed by atoms with Gasteiger partial charge in [-0.1, -0.05) is 58.1 Å². The van der Waals surface area contributed by atoms with Crippen LogP contribution in [0.4, 0.5) is 0 Å². The summed E-state index contributed by atoms with van der Waals surface area (Å²) in [5.74, 6) is 0.104. The summed E-state index contributed by atoms with van der Waals surface area (Å²) >= 11 is 0. The first-order valence-electron chi connectivity index (χ1n) is 13.8. The van der Waals surface area contributed by atoms with Crippen molar-refractivity contribution in [2.24, 2.45) is 17.8 Å². The number of carbonyl (C=O) groups excluding carboxylic acids is 1. The van der Waals surface area contributed by atoms with E-state index in [0.717, 1.165) is 18.4 Å². The van der Waals surface area contributed by atoms with Gasteiger partial charge in [0.25, 0.3) is 0 Å². The number of allylic oxidation sites excluding steroid dienone is 3. The van der Waals surface area contributed by atoms with Gasteiger partial charge in [-0.05, 0) is 51.0 Å². The molecule has 212 valence electrons. The zero-order chi connectivity index (χ0) is 27.8. The largest absolute Gasteiger partial charge is 0.457 e. The second-order valence-corrected chi connectivity index (χ2v) is 11.2. The summed E-state index contributed by atoms with van der Waals surface area (Å²) < 4.78 is 22.9. The third kappa shape index (κ3) is 9.32. The van der Waals surface area contributed by atoms with Gasteiger partial charge in [-0.3, -0.25) is 4.79 Å². The lowest BCUT2D eigenvalue weighted by atomic mass is 9.88. The molecule has 0 bridgehead atoms. The van der Waals surface area contributed by atoms with Gasteiger partial charge in [0.05, 0.1) is 36.4 Å². The fraction of sp³-hybridized carbons (Fsp3) is 0.767. The van der Waals surface area contributed by atoms with Crippen LogP contribution in [0.3, 0.4) is 0 Å². The smallest absolute Gasteiger partial charge is 0.309 e. The van der Waals surface area contributed by atoms with Crippen LogP contribution in [0.5, 0.6) is 0 Å². The van der Waals surface area contributed by atoms with Crippen molar-refractivity contribution in [2.45, 2.75) is 116 Å². The lowest BCUT2D eigenvalue weighted by Crippen LogP contribution is -2.41. The third-order valence-corrected chi connectivity index (χ3v) is 8.08. The van der Waals surface area contributed by atoms with E-state index in [1.807, 2.05) is 39.0 Å². The molecule has 0 aromatic heterocycles. The Bertz CT molecular complexity index is 802.